The maximum Gasteiger partial charge on any atom is 0.338 e. The number of hydrogen-bond acceptors (Lipinski definition) is 4. The number of carbonyl (C=O) groups is 3. The fourth-order valence-electron chi connectivity index (χ4n) is 3.21. The van der Waals surface area contributed by atoms with Gasteiger partial charge in [0.15, 0.2) is 6.10 Å². The monoisotopic (exact) mass is 371 g/mol. The Morgan fingerprint density at radius 3 is 2.36 bits per heavy atom. The summed E-state index contributed by atoms with van der Waals surface area (Å²) in [4.78, 5) is 37.2. The number of ketones is 1. The van der Waals surface area contributed by atoms with Crippen LogP contribution in [-0.2, 0) is 11.2 Å². The summed E-state index contributed by atoms with van der Waals surface area (Å²) in [6, 6.07) is 22.5. The molecule has 0 saturated heterocycles. The highest BCUT2D eigenvalue weighted by atomic mass is 16.5. The zero-order chi connectivity index (χ0) is 19.5. The lowest BCUT2D eigenvalue weighted by Crippen LogP contribution is -2.24. The highest BCUT2D eigenvalue weighted by Gasteiger charge is 2.33. The largest absolute Gasteiger partial charge is 0.450 e. The van der Waals surface area contributed by atoms with Crippen molar-refractivity contribution in [2.45, 2.75) is 12.5 Å². The fourth-order valence-corrected chi connectivity index (χ4v) is 3.21. The molecule has 0 spiro atoms. The zero-order valence-electron chi connectivity index (χ0n) is 14.9. The van der Waals surface area contributed by atoms with E-state index >= 15 is 0 Å². The Labute approximate surface area is 162 Å². The molecule has 1 N–H and O–H groups in total. The molecule has 5 heteroatoms. The van der Waals surface area contributed by atoms with E-state index in [1.165, 1.54) is 6.07 Å². The molecule has 0 unspecified atom stereocenters. The summed E-state index contributed by atoms with van der Waals surface area (Å²) >= 11 is 0. The molecule has 1 aliphatic rings. The summed E-state index contributed by atoms with van der Waals surface area (Å²) in [7, 11) is 0. The van der Waals surface area contributed by atoms with Crippen LogP contribution in [0.1, 0.15) is 36.6 Å². The summed E-state index contributed by atoms with van der Waals surface area (Å²) in [6.45, 7) is 0. The van der Waals surface area contributed by atoms with E-state index in [0.29, 0.717) is 23.2 Å². The number of esters is 1. The lowest BCUT2D eigenvalue weighted by molar-refractivity contribution is 0.0304. The van der Waals surface area contributed by atoms with Crippen molar-refractivity contribution in [2.24, 2.45) is 0 Å². The van der Waals surface area contributed by atoms with E-state index in [-0.39, 0.29) is 17.3 Å². The van der Waals surface area contributed by atoms with Crippen molar-refractivity contribution >= 4 is 23.3 Å². The fraction of sp³-hybridized carbons (Fsp3) is 0.0870. The van der Waals surface area contributed by atoms with Crippen LogP contribution >= 0.6 is 0 Å². The number of amides is 1. The molecule has 0 radical (unpaired) electrons. The first-order chi connectivity index (χ1) is 13.6. The highest BCUT2D eigenvalue weighted by molar-refractivity contribution is 6.06. The summed E-state index contributed by atoms with van der Waals surface area (Å²) in [5, 5.41) is 2.76. The third-order valence-corrected chi connectivity index (χ3v) is 4.62. The van der Waals surface area contributed by atoms with E-state index in [9.17, 15) is 14.4 Å². The summed E-state index contributed by atoms with van der Waals surface area (Å²) < 4.78 is 5.44. The second kappa shape index (κ2) is 7.48. The predicted molar refractivity (Wildman–Crippen MR) is 105 cm³/mol. The van der Waals surface area contributed by atoms with Gasteiger partial charge >= 0.3 is 5.97 Å². The van der Waals surface area contributed by atoms with Crippen LogP contribution in [0.3, 0.4) is 0 Å². The third kappa shape index (κ3) is 3.55. The SMILES string of the molecule is O=C(Nc1cccc(C(=O)O[C@H]2Cc3ccccc3C2=O)c1)c1ccccc1. The van der Waals surface area contributed by atoms with Gasteiger partial charge in [-0.05, 0) is 35.9 Å². The van der Waals surface area contributed by atoms with Gasteiger partial charge in [-0.1, -0.05) is 48.5 Å². The molecular formula is C23H17NO4. The molecule has 0 aromatic heterocycles. The topological polar surface area (TPSA) is 72.5 Å². The molecule has 3 aromatic rings. The van der Waals surface area contributed by atoms with Gasteiger partial charge in [0.05, 0.1) is 5.56 Å². The van der Waals surface area contributed by atoms with Crippen LogP contribution in [0, 0.1) is 0 Å². The van der Waals surface area contributed by atoms with Crippen LogP contribution in [0.25, 0.3) is 0 Å². The number of Topliss-reactive ketones (excluding diaryl/α,β-unsaturated/α-hetero) is 1. The van der Waals surface area contributed by atoms with Gasteiger partial charge in [-0.15, -0.1) is 0 Å². The Balaban J connectivity index is 1.45. The number of anilines is 1. The Hall–Kier alpha value is -3.73. The average molecular weight is 371 g/mol. The first kappa shape index (κ1) is 17.7. The predicted octanol–water partition coefficient (Wildman–Crippen LogP) is 3.90. The van der Waals surface area contributed by atoms with Crippen molar-refractivity contribution in [3.63, 3.8) is 0 Å². The van der Waals surface area contributed by atoms with Crippen LogP contribution in [0.2, 0.25) is 0 Å². The summed E-state index contributed by atoms with van der Waals surface area (Å²) in [5.41, 5.74) is 2.75. The molecule has 28 heavy (non-hydrogen) atoms. The minimum Gasteiger partial charge on any atom is -0.450 e. The molecule has 3 aromatic carbocycles. The van der Waals surface area contributed by atoms with Crippen molar-refractivity contribution in [3.8, 4) is 0 Å². The Morgan fingerprint density at radius 1 is 0.857 bits per heavy atom. The van der Waals surface area contributed by atoms with Gasteiger partial charge in [0.1, 0.15) is 0 Å². The summed E-state index contributed by atoms with van der Waals surface area (Å²) in [5.74, 6) is -1.05. The molecule has 1 aliphatic carbocycles. The maximum absolute atomic E-state index is 12.5. The van der Waals surface area contributed by atoms with E-state index in [1.807, 2.05) is 18.2 Å². The van der Waals surface area contributed by atoms with E-state index in [4.69, 9.17) is 4.74 Å². The standard InChI is InChI=1S/C23H17NO4/c25-21-19-12-5-4-9-16(19)14-20(21)28-23(27)17-10-6-11-18(13-17)24-22(26)15-7-2-1-3-8-15/h1-13,20H,14H2,(H,24,26)/t20-/m0/s1. The van der Waals surface area contributed by atoms with Crippen LogP contribution in [-0.4, -0.2) is 23.8 Å². The van der Waals surface area contributed by atoms with Crippen molar-refractivity contribution < 1.29 is 19.1 Å². The second-order valence-corrected chi connectivity index (χ2v) is 6.52. The number of benzene rings is 3. The van der Waals surface area contributed by atoms with E-state index in [1.54, 1.807) is 54.6 Å². The molecule has 4 rings (SSSR count). The number of ether oxygens (including phenoxy) is 1. The molecule has 0 bridgehead atoms. The molecule has 0 heterocycles. The first-order valence-electron chi connectivity index (χ1n) is 8.91. The normalized spacial score (nSPS) is 15.0. The van der Waals surface area contributed by atoms with Crippen LogP contribution in [0.5, 0.6) is 0 Å². The number of rotatable bonds is 4. The molecule has 5 nitrogen and oxygen atoms in total. The maximum atomic E-state index is 12.5. The van der Waals surface area contributed by atoms with Crippen LogP contribution in [0.15, 0.2) is 78.9 Å². The van der Waals surface area contributed by atoms with Gasteiger partial charge in [-0.3, -0.25) is 9.59 Å². The second-order valence-electron chi connectivity index (χ2n) is 6.52. The van der Waals surface area contributed by atoms with Gasteiger partial charge < -0.3 is 10.1 Å². The van der Waals surface area contributed by atoms with Gasteiger partial charge in [0, 0.05) is 23.2 Å². The van der Waals surface area contributed by atoms with E-state index in [2.05, 4.69) is 5.32 Å². The number of fused-ring (bicyclic) bond motifs is 1. The van der Waals surface area contributed by atoms with Crippen molar-refractivity contribution in [3.05, 3.63) is 101 Å². The smallest absolute Gasteiger partial charge is 0.338 e. The molecule has 138 valence electrons. The van der Waals surface area contributed by atoms with Crippen LogP contribution in [0.4, 0.5) is 5.69 Å². The number of hydrogen-bond donors (Lipinski definition) is 1. The molecule has 1 atom stereocenters. The number of carbonyl (C=O) groups excluding carboxylic acids is 3. The van der Waals surface area contributed by atoms with Crippen molar-refractivity contribution in [1.29, 1.82) is 0 Å². The van der Waals surface area contributed by atoms with E-state index < -0.39 is 12.1 Å². The van der Waals surface area contributed by atoms with Gasteiger partial charge in [0.2, 0.25) is 5.78 Å². The molecule has 1 amide bonds. The average Bonchev–Trinajstić information content (AvgIpc) is 3.04. The highest BCUT2D eigenvalue weighted by Crippen LogP contribution is 2.25. The van der Waals surface area contributed by atoms with E-state index in [0.717, 1.165) is 5.56 Å². The summed E-state index contributed by atoms with van der Waals surface area (Å²) in [6.07, 6.45) is -0.432. The Kier molecular flexibility index (Phi) is 4.72. The lowest BCUT2D eigenvalue weighted by Gasteiger charge is -2.11. The Morgan fingerprint density at radius 2 is 1.57 bits per heavy atom. The Bertz CT molecular complexity index is 1060. The third-order valence-electron chi connectivity index (χ3n) is 4.62. The quantitative estimate of drug-likeness (QED) is 0.706. The van der Waals surface area contributed by atoms with Gasteiger partial charge in [-0.2, -0.15) is 0 Å². The van der Waals surface area contributed by atoms with Gasteiger partial charge in [0.25, 0.3) is 5.91 Å². The number of nitrogens with one attached hydrogen (secondary N) is 1. The zero-order valence-corrected chi connectivity index (χ0v) is 14.9. The minimum atomic E-state index is -0.813. The van der Waals surface area contributed by atoms with Crippen molar-refractivity contribution in [1.82, 2.24) is 0 Å². The molecule has 0 fully saturated rings. The lowest BCUT2D eigenvalue weighted by atomic mass is 10.1. The first-order valence-corrected chi connectivity index (χ1v) is 8.91. The molecular weight excluding hydrogens is 354 g/mol. The van der Waals surface area contributed by atoms with Crippen LogP contribution < -0.4 is 5.32 Å². The molecule has 0 saturated carbocycles. The molecule has 0 aliphatic heterocycles. The minimum absolute atomic E-state index is 0.183. The van der Waals surface area contributed by atoms with Gasteiger partial charge in [-0.25, -0.2) is 4.79 Å². The van der Waals surface area contributed by atoms with Crippen molar-refractivity contribution in [2.75, 3.05) is 5.32 Å².